The van der Waals surface area contributed by atoms with E-state index in [1.165, 1.54) is 44.1 Å². The van der Waals surface area contributed by atoms with Crippen molar-refractivity contribution >= 4 is 5.97 Å². The van der Waals surface area contributed by atoms with Crippen molar-refractivity contribution in [2.45, 2.75) is 58.8 Å². The van der Waals surface area contributed by atoms with Crippen molar-refractivity contribution in [2.24, 2.45) is 23.2 Å². The molecule has 0 aromatic heterocycles. The first-order chi connectivity index (χ1) is 8.54. The molecule has 0 amide bonds. The van der Waals surface area contributed by atoms with Crippen LogP contribution in [0.25, 0.3) is 0 Å². The number of hydrogen-bond donors (Lipinski definition) is 1. The lowest BCUT2D eigenvalue weighted by atomic mass is 9.47. The highest BCUT2D eigenvalue weighted by Crippen LogP contribution is 2.63. The fraction of sp³-hybridized carbons (Fsp3) is 0.812. The van der Waals surface area contributed by atoms with Gasteiger partial charge in [0.2, 0.25) is 0 Å². The molecule has 4 saturated carbocycles. The van der Waals surface area contributed by atoms with Crippen molar-refractivity contribution in [1.29, 1.82) is 0 Å². The number of carboxylic acid groups (broad SMARTS) is 1. The summed E-state index contributed by atoms with van der Waals surface area (Å²) in [6.45, 7) is 3.96. The Kier molecular flexibility index (Phi) is 2.80. The summed E-state index contributed by atoms with van der Waals surface area (Å²) in [5.74, 6) is 1.96. The molecule has 0 aliphatic heterocycles. The third-order valence-corrected chi connectivity index (χ3v) is 5.81. The minimum absolute atomic E-state index is 0.270. The molecule has 4 aliphatic rings. The van der Waals surface area contributed by atoms with Crippen LogP contribution in [0.5, 0.6) is 0 Å². The Bertz CT molecular complexity index is 370. The maximum absolute atomic E-state index is 11.3. The van der Waals surface area contributed by atoms with Crippen molar-refractivity contribution in [3.05, 3.63) is 11.1 Å². The van der Waals surface area contributed by atoms with Crippen LogP contribution in [0.3, 0.4) is 0 Å². The average molecular weight is 248 g/mol. The van der Waals surface area contributed by atoms with Gasteiger partial charge in [0.1, 0.15) is 0 Å². The summed E-state index contributed by atoms with van der Waals surface area (Å²) in [4.78, 5) is 11.3. The largest absolute Gasteiger partial charge is 0.478 e. The monoisotopic (exact) mass is 248 g/mol. The molecule has 4 fully saturated rings. The summed E-state index contributed by atoms with van der Waals surface area (Å²) in [5.41, 5.74) is 2.18. The van der Waals surface area contributed by atoms with Crippen LogP contribution >= 0.6 is 0 Å². The van der Waals surface area contributed by atoms with E-state index < -0.39 is 5.97 Å². The molecule has 0 atom stereocenters. The molecule has 0 aromatic carbocycles. The van der Waals surface area contributed by atoms with Gasteiger partial charge in [0, 0.05) is 5.57 Å². The number of aliphatic carboxylic acids is 1. The normalized spacial score (nSPS) is 42.9. The first-order valence-corrected chi connectivity index (χ1v) is 7.47. The van der Waals surface area contributed by atoms with Gasteiger partial charge < -0.3 is 5.11 Å². The van der Waals surface area contributed by atoms with Gasteiger partial charge in [-0.25, -0.2) is 4.79 Å². The smallest absolute Gasteiger partial charge is 0.331 e. The topological polar surface area (TPSA) is 37.3 Å². The zero-order valence-corrected chi connectivity index (χ0v) is 11.5. The van der Waals surface area contributed by atoms with Crippen LogP contribution in [-0.4, -0.2) is 11.1 Å². The molecule has 0 saturated heterocycles. The Morgan fingerprint density at radius 3 is 1.89 bits per heavy atom. The van der Waals surface area contributed by atoms with Crippen molar-refractivity contribution in [3.8, 4) is 0 Å². The van der Waals surface area contributed by atoms with Gasteiger partial charge in [0.25, 0.3) is 0 Å². The van der Waals surface area contributed by atoms with Gasteiger partial charge in [-0.15, -0.1) is 0 Å². The van der Waals surface area contributed by atoms with Crippen molar-refractivity contribution < 1.29 is 9.90 Å². The van der Waals surface area contributed by atoms with E-state index in [1.54, 1.807) is 0 Å². The highest BCUT2D eigenvalue weighted by atomic mass is 16.4. The van der Waals surface area contributed by atoms with E-state index in [0.29, 0.717) is 5.57 Å². The van der Waals surface area contributed by atoms with Crippen LogP contribution in [0, 0.1) is 23.2 Å². The van der Waals surface area contributed by atoms with Crippen molar-refractivity contribution in [2.75, 3.05) is 0 Å². The summed E-state index contributed by atoms with van der Waals surface area (Å²) >= 11 is 0. The zero-order chi connectivity index (χ0) is 12.9. The van der Waals surface area contributed by atoms with Crippen molar-refractivity contribution in [1.82, 2.24) is 0 Å². The van der Waals surface area contributed by atoms with Crippen LogP contribution in [0.2, 0.25) is 0 Å². The van der Waals surface area contributed by atoms with E-state index in [2.05, 4.69) is 6.92 Å². The predicted octanol–water partition coefficient (Wildman–Crippen LogP) is 4.01. The minimum atomic E-state index is -0.706. The average Bonchev–Trinajstić information content (AvgIpc) is 2.27. The third kappa shape index (κ3) is 1.72. The van der Waals surface area contributed by atoms with Gasteiger partial charge in [-0.1, -0.05) is 12.5 Å². The fourth-order valence-electron chi connectivity index (χ4n) is 5.65. The summed E-state index contributed by atoms with van der Waals surface area (Å²) in [5, 5.41) is 9.33. The number of hydrogen-bond acceptors (Lipinski definition) is 1. The Hall–Kier alpha value is -0.790. The molecule has 0 spiro atoms. The van der Waals surface area contributed by atoms with Gasteiger partial charge in [-0.05, 0) is 75.0 Å². The highest BCUT2D eigenvalue weighted by Gasteiger charge is 2.52. The number of carbonyl (C=O) groups is 1. The molecule has 2 nitrogen and oxygen atoms in total. The molecule has 100 valence electrons. The number of carboxylic acids is 1. The molecule has 4 bridgehead atoms. The summed E-state index contributed by atoms with van der Waals surface area (Å²) in [6.07, 6.45) is 8.99. The molecule has 0 radical (unpaired) electrons. The third-order valence-electron chi connectivity index (χ3n) is 5.81. The number of rotatable bonds is 3. The first-order valence-electron chi connectivity index (χ1n) is 7.47. The molecule has 4 rings (SSSR count). The minimum Gasteiger partial charge on any atom is -0.478 e. The molecular weight excluding hydrogens is 224 g/mol. The summed E-state index contributed by atoms with van der Waals surface area (Å²) in [6, 6.07) is 0. The van der Waals surface area contributed by atoms with Gasteiger partial charge in [0.15, 0.2) is 0 Å². The zero-order valence-electron chi connectivity index (χ0n) is 11.5. The summed E-state index contributed by atoms with van der Waals surface area (Å²) in [7, 11) is 0. The standard InChI is InChI=1S/C16H24O2/c1-3-14(10(2)15(17)18)16-7-11-4-12(8-16)6-13(5-11)9-16/h11-13H,3-9H2,1-2H3,(H,17,18)/b14-10-. The molecule has 0 unspecified atom stereocenters. The quantitative estimate of drug-likeness (QED) is 0.766. The lowest BCUT2D eigenvalue weighted by molar-refractivity contribution is -0.132. The molecule has 18 heavy (non-hydrogen) atoms. The van der Waals surface area contributed by atoms with E-state index in [1.807, 2.05) is 6.92 Å². The second-order valence-corrected chi connectivity index (χ2v) is 6.96. The Labute approximate surface area is 109 Å². The molecular formula is C16H24O2. The lowest BCUT2D eigenvalue weighted by Gasteiger charge is -2.58. The lowest BCUT2D eigenvalue weighted by Crippen LogP contribution is -2.47. The SMILES string of the molecule is CC/C(=C(\C)C(=O)O)C12CC3CC(CC(C3)C1)C2. The van der Waals surface area contributed by atoms with Gasteiger partial charge in [0.05, 0.1) is 0 Å². The van der Waals surface area contributed by atoms with Crippen LogP contribution < -0.4 is 0 Å². The van der Waals surface area contributed by atoms with E-state index in [9.17, 15) is 9.90 Å². The van der Waals surface area contributed by atoms with Crippen LogP contribution in [-0.2, 0) is 4.79 Å². The molecule has 0 aromatic rings. The second kappa shape index (κ2) is 4.11. The van der Waals surface area contributed by atoms with E-state index in [4.69, 9.17) is 0 Å². The van der Waals surface area contributed by atoms with Gasteiger partial charge in [-0.2, -0.15) is 0 Å². The highest BCUT2D eigenvalue weighted by molar-refractivity contribution is 5.87. The maximum Gasteiger partial charge on any atom is 0.331 e. The van der Waals surface area contributed by atoms with Gasteiger partial charge in [-0.3, -0.25) is 0 Å². The first kappa shape index (κ1) is 12.3. The molecule has 1 N–H and O–H groups in total. The second-order valence-electron chi connectivity index (χ2n) is 6.96. The van der Waals surface area contributed by atoms with Gasteiger partial charge >= 0.3 is 5.97 Å². The van der Waals surface area contributed by atoms with Crippen LogP contribution in [0.4, 0.5) is 0 Å². The maximum atomic E-state index is 11.3. The molecule has 0 heterocycles. The molecule has 4 aliphatic carbocycles. The Morgan fingerprint density at radius 2 is 1.56 bits per heavy atom. The predicted molar refractivity (Wildman–Crippen MR) is 71.2 cm³/mol. The van der Waals surface area contributed by atoms with E-state index >= 15 is 0 Å². The summed E-state index contributed by atoms with van der Waals surface area (Å²) < 4.78 is 0. The Morgan fingerprint density at radius 1 is 1.11 bits per heavy atom. The van der Waals surface area contributed by atoms with E-state index in [-0.39, 0.29) is 5.41 Å². The van der Waals surface area contributed by atoms with E-state index in [0.717, 1.165) is 24.2 Å². The fourth-order valence-corrected chi connectivity index (χ4v) is 5.65. The number of allylic oxidation sites excluding steroid dienone is 1. The van der Waals surface area contributed by atoms with Crippen LogP contribution in [0.15, 0.2) is 11.1 Å². The Balaban J connectivity index is 1.99. The van der Waals surface area contributed by atoms with Crippen LogP contribution in [0.1, 0.15) is 58.8 Å². The van der Waals surface area contributed by atoms with Crippen molar-refractivity contribution in [3.63, 3.8) is 0 Å². The molecule has 2 heteroatoms.